The Balaban J connectivity index is 2.52. The lowest BCUT2D eigenvalue weighted by atomic mass is 10.1. The third-order valence-corrected chi connectivity index (χ3v) is 4.34. The largest absolute Gasteiger partial charge is 0.409 e. The van der Waals surface area contributed by atoms with E-state index >= 15 is 0 Å². The van der Waals surface area contributed by atoms with Gasteiger partial charge in [0, 0.05) is 16.5 Å². The average molecular weight is 352 g/mol. The first kappa shape index (κ1) is 18.4. The molecule has 0 aliphatic rings. The number of alkyl halides is 3. The molecule has 128 valence electrons. The van der Waals surface area contributed by atoms with Crippen LogP contribution in [0.15, 0.2) is 41.8 Å². The number of aromatic amines is 1. The van der Waals surface area contributed by atoms with Gasteiger partial charge in [0.05, 0.1) is 11.4 Å². The molecule has 0 unspecified atom stereocenters. The van der Waals surface area contributed by atoms with Crippen molar-refractivity contribution in [3.63, 3.8) is 0 Å². The summed E-state index contributed by atoms with van der Waals surface area (Å²) in [7, 11) is 0. The van der Waals surface area contributed by atoms with Crippen molar-refractivity contribution in [3.05, 3.63) is 48.3 Å². The number of aromatic nitrogens is 2. The van der Waals surface area contributed by atoms with Crippen molar-refractivity contribution in [1.29, 1.82) is 0 Å². The van der Waals surface area contributed by atoms with E-state index in [2.05, 4.69) is 16.5 Å². The number of hydrogen-bond acceptors (Lipinski definition) is 2. The lowest BCUT2D eigenvalue weighted by molar-refractivity contribution is -0.0790. The summed E-state index contributed by atoms with van der Waals surface area (Å²) in [5, 5.41) is 0. The molecular formula is C18H19F3N2S. The highest BCUT2D eigenvalue weighted by molar-refractivity contribution is 7.99. The Bertz CT molecular complexity index is 745. The summed E-state index contributed by atoms with van der Waals surface area (Å²) in [6, 6.07) is 7.70. The SMILES string of the molecule is C=C(CC)c1[nH]c(-c2ccccc2SCC)nc1/C=C/C(F)(F)F. The molecule has 0 radical (unpaired) electrons. The number of allylic oxidation sites excluding steroid dienone is 2. The minimum atomic E-state index is -4.38. The van der Waals surface area contributed by atoms with Gasteiger partial charge in [-0.05, 0) is 29.9 Å². The van der Waals surface area contributed by atoms with Crippen LogP contribution in [-0.2, 0) is 0 Å². The maximum atomic E-state index is 12.5. The van der Waals surface area contributed by atoms with Crippen molar-refractivity contribution in [2.75, 3.05) is 5.75 Å². The van der Waals surface area contributed by atoms with Gasteiger partial charge in [0.2, 0.25) is 0 Å². The van der Waals surface area contributed by atoms with Crippen molar-refractivity contribution in [3.8, 4) is 11.4 Å². The zero-order chi connectivity index (χ0) is 17.7. The molecule has 0 spiro atoms. The average Bonchev–Trinajstić information content (AvgIpc) is 2.96. The molecule has 2 rings (SSSR count). The van der Waals surface area contributed by atoms with E-state index in [0.717, 1.165) is 27.9 Å². The summed E-state index contributed by atoms with van der Waals surface area (Å²) in [6.45, 7) is 7.87. The molecule has 1 aromatic carbocycles. The lowest BCUT2D eigenvalue weighted by Gasteiger charge is -2.05. The molecule has 0 aliphatic heterocycles. The van der Waals surface area contributed by atoms with Crippen molar-refractivity contribution in [2.24, 2.45) is 0 Å². The fourth-order valence-corrected chi connectivity index (χ4v) is 3.00. The van der Waals surface area contributed by atoms with E-state index in [1.54, 1.807) is 11.8 Å². The van der Waals surface area contributed by atoms with Crippen LogP contribution < -0.4 is 0 Å². The summed E-state index contributed by atoms with van der Waals surface area (Å²) >= 11 is 1.66. The van der Waals surface area contributed by atoms with Gasteiger partial charge < -0.3 is 4.98 Å². The zero-order valence-corrected chi connectivity index (χ0v) is 14.4. The molecule has 0 bridgehead atoms. The third kappa shape index (κ3) is 4.54. The summed E-state index contributed by atoms with van der Waals surface area (Å²) in [6.07, 6.45) is -2.56. The Morgan fingerprint density at radius 3 is 2.62 bits per heavy atom. The fourth-order valence-electron chi connectivity index (χ4n) is 2.20. The highest BCUT2D eigenvalue weighted by Gasteiger charge is 2.23. The van der Waals surface area contributed by atoms with E-state index < -0.39 is 6.18 Å². The van der Waals surface area contributed by atoms with E-state index in [4.69, 9.17) is 0 Å². The van der Waals surface area contributed by atoms with Gasteiger partial charge in [0.25, 0.3) is 0 Å². The zero-order valence-electron chi connectivity index (χ0n) is 13.6. The van der Waals surface area contributed by atoms with Crippen molar-refractivity contribution in [2.45, 2.75) is 31.3 Å². The molecule has 2 nitrogen and oxygen atoms in total. The van der Waals surface area contributed by atoms with Gasteiger partial charge in [-0.3, -0.25) is 0 Å². The molecule has 1 aromatic heterocycles. The van der Waals surface area contributed by atoms with Crippen molar-refractivity contribution < 1.29 is 13.2 Å². The van der Waals surface area contributed by atoms with Crippen molar-refractivity contribution >= 4 is 23.4 Å². The normalized spacial score (nSPS) is 12.0. The first-order valence-electron chi connectivity index (χ1n) is 7.62. The van der Waals surface area contributed by atoms with Crippen LogP contribution in [0.1, 0.15) is 31.7 Å². The Morgan fingerprint density at radius 1 is 1.29 bits per heavy atom. The molecule has 0 fully saturated rings. The van der Waals surface area contributed by atoms with Gasteiger partial charge in [-0.25, -0.2) is 4.98 Å². The fraction of sp³-hybridized carbons (Fsp3) is 0.278. The van der Waals surface area contributed by atoms with E-state index in [1.807, 2.05) is 38.1 Å². The Labute approximate surface area is 143 Å². The van der Waals surface area contributed by atoms with Crippen LogP contribution in [0, 0.1) is 0 Å². The smallest absolute Gasteiger partial charge is 0.338 e. The maximum absolute atomic E-state index is 12.5. The number of nitrogens with zero attached hydrogens (tertiary/aromatic N) is 1. The van der Waals surface area contributed by atoms with Gasteiger partial charge in [-0.1, -0.05) is 38.6 Å². The third-order valence-electron chi connectivity index (χ3n) is 3.38. The number of H-pyrrole nitrogens is 1. The summed E-state index contributed by atoms with van der Waals surface area (Å²) < 4.78 is 37.5. The number of imidazole rings is 1. The van der Waals surface area contributed by atoms with Crippen LogP contribution in [0.3, 0.4) is 0 Å². The first-order valence-corrected chi connectivity index (χ1v) is 8.60. The van der Waals surface area contributed by atoms with Crippen LogP contribution in [-0.4, -0.2) is 21.9 Å². The first-order chi connectivity index (χ1) is 11.4. The van der Waals surface area contributed by atoms with E-state index in [9.17, 15) is 13.2 Å². The van der Waals surface area contributed by atoms with Crippen LogP contribution in [0.25, 0.3) is 23.0 Å². The minimum absolute atomic E-state index is 0.200. The Kier molecular flexibility index (Phi) is 5.94. The molecule has 0 aliphatic carbocycles. The predicted octanol–water partition coefficient (Wildman–Crippen LogP) is 6.19. The molecule has 2 aromatic rings. The number of benzene rings is 1. The molecule has 1 N–H and O–H groups in total. The molecule has 0 saturated heterocycles. The van der Waals surface area contributed by atoms with Crippen molar-refractivity contribution in [1.82, 2.24) is 9.97 Å². The van der Waals surface area contributed by atoms with Gasteiger partial charge >= 0.3 is 6.18 Å². The molecular weight excluding hydrogens is 333 g/mol. The summed E-state index contributed by atoms with van der Waals surface area (Å²) in [4.78, 5) is 8.56. The van der Waals surface area contributed by atoms with E-state index in [-0.39, 0.29) is 11.8 Å². The Hall–Kier alpha value is -1.95. The molecule has 24 heavy (non-hydrogen) atoms. The molecule has 0 atom stereocenters. The van der Waals surface area contributed by atoms with Gasteiger partial charge in [0.15, 0.2) is 0 Å². The van der Waals surface area contributed by atoms with Gasteiger partial charge in [-0.2, -0.15) is 13.2 Å². The van der Waals surface area contributed by atoms with Crippen LogP contribution in [0.5, 0.6) is 0 Å². The van der Waals surface area contributed by atoms with E-state index in [0.29, 0.717) is 17.9 Å². The maximum Gasteiger partial charge on any atom is 0.409 e. The number of hydrogen-bond donors (Lipinski definition) is 1. The topological polar surface area (TPSA) is 28.7 Å². The second-order valence-corrected chi connectivity index (χ2v) is 6.41. The van der Waals surface area contributed by atoms with Crippen LogP contribution in [0.4, 0.5) is 13.2 Å². The standard InChI is InChI=1S/C18H19F3N2S/c1-4-12(3)16-14(10-11-18(19,20)21)22-17(23-16)13-8-6-7-9-15(13)24-5-2/h6-11H,3-5H2,1-2H3,(H,22,23)/b11-10+. The monoisotopic (exact) mass is 352 g/mol. The van der Waals surface area contributed by atoms with Crippen LogP contribution >= 0.6 is 11.8 Å². The molecule has 0 saturated carbocycles. The molecule has 1 heterocycles. The number of thioether (sulfide) groups is 1. The number of nitrogens with one attached hydrogen (secondary N) is 1. The van der Waals surface area contributed by atoms with Gasteiger partial charge in [0.1, 0.15) is 5.82 Å². The lowest BCUT2D eigenvalue weighted by Crippen LogP contribution is -2.00. The highest BCUT2D eigenvalue weighted by Crippen LogP contribution is 2.32. The quantitative estimate of drug-likeness (QED) is 0.628. The number of rotatable bonds is 6. The molecule has 0 amide bonds. The number of halogens is 3. The second kappa shape index (κ2) is 7.75. The Morgan fingerprint density at radius 2 is 2.00 bits per heavy atom. The molecule has 6 heteroatoms. The van der Waals surface area contributed by atoms with E-state index in [1.165, 1.54) is 0 Å². The second-order valence-electron chi connectivity index (χ2n) is 5.11. The predicted molar refractivity (Wildman–Crippen MR) is 94.8 cm³/mol. The minimum Gasteiger partial charge on any atom is -0.338 e. The summed E-state index contributed by atoms with van der Waals surface area (Å²) in [5.74, 6) is 1.45. The summed E-state index contributed by atoms with van der Waals surface area (Å²) in [5.41, 5.74) is 2.40. The van der Waals surface area contributed by atoms with Crippen LogP contribution in [0.2, 0.25) is 0 Å². The van der Waals surface area contributed by atoms with Gasteiger partial charge in [-0.15, -0.1) is 11.8 Å². The highest BCUT2D eigenvalue weighted by atomic mass is 32.2.